The number of para-hydroxylation sites is 1. The Balaban J connectivity index is 2.05. The number of rotatable bonds is 6. The highest BCUT2D eigenvalue weighted by Crippen LogP contribution is 2.20. The first-order valence-corrected chi connectivity index (χ1v) is 8.21. The van der Waals surface area contributed by atoms with Crippen molar-refractivity contribution >= 4 is 5.91 Å². The van der Waals surface area contributed by atoms with Crippen molar-refractivity contribution in [3.8, 4) is 5.75 Å². The summed E-state index contributed by atoms with van der Waals surface area (Å²) < 4.78 is 19.3. The average Bonchev–Trinajstić information content (AvgIpc) is 2.56. The maximum atomic E-state index is 13.7. The van der Waals surface area contributed by atoms with E-state index in [2.05, 4.69) is 18.3 Å². The van der Waals surface area contributed by atoms with Crippen LogP contribution in [0.25, 0.3) is 0 Å². The molecule has 0 unspecified atom stereocenters. The van der Waals surface area contributed by atoms with Crippen molar-refractivity contribution in [3.63, 3.8) is 0 Å². The largest absolute Gasteiger partial charge is 0.478 e. The molecular formula is C20H24FNO2. The zero-order valence-electron chi connectivity index (χ0n) is 14.6. The lowest BCUT2D eigenvalue weighted by Gasteiger charge is -2.21. The predicted molar refractivity (Wildman–Crippen MR) is 93.6 cm³/mol. The SMILES string of the molecule is CC[C@@H](Oc1ccccc1F)C(=O)N[C@H](C)c1ccc(C)c(C)c1. The van der Waals surface area contributed by atoms with Gasteiger partial charge in [-0.05, 0) is 56.0 Å². The van der Waals surface area contributed by atoms with Crippen LogP contribution in [0.3, 0.4) is 0 Å². The molecule has 0 heterocycles. The maximum absolute atomic E-state index is 13.7. The summed E-state index contributed by atoms with van der Waals surface area (Å²) in [6.07, 6.45) is -0.268. The van der Waals surface area contributed by atoms with Crippen LogP contribution >= 0.6 is 0 Å². The number of hydrogen-bond acceptors (Lipinski definition) is 2. The van der Waals surface area contributed by atoms with Gasteiger partial charge in [0, 0.05) is 0 Å². The lowest BCUT2D eigenvalue weighted by atomic mass is 10.0. The lowest BCUT2D eigenvalue weighted by molar-refractivity contribution is -0.128. The Hall–Kier alpha value is -2.36. The number of carbonyl (C=O) groups excluding carboxylic acids is 1. The quantitative estimate of drug-likeness (QED) is 0.849. The van der Waals surface area contributed by atoms with E-state index in [4.69, 9.17) is 4.74 Å². The molecule has 0 aromatic heterocycles. The lowest BCUT2D eigenvalue weighted by Crippen LogP contribution is -2.39. The first kappa shape index (κ1) is 18.0. The van der Waals surface area contributed by atoms with Crippen LogP contribution in [0.2, 0.25) is 0 Å². The van der Waals surface area contributed by atoms with Crippen LogP contribution in [0.4, 0.5) is 4.39 Å². The number of benzene rings is 2. The molecule has 3 nitrogen and oxygen atoms in total. The van der Waals surface area contributed by atoms with Crippen LogP contribution in [0.1, 0.15) is 43.0 Å². The molecule has 24 heavy (non-hydrogen) atoms. The van der Waals surface area contributed by atoms with Crippen LogP contribution in [-0.2, 0) is 4.79 Å². The summed E-state index contributed by atoms with van der Waals surface area (Å²) in [6.45, 7) is 7.87. The molecule has 0 radical (unpaired) electrons. The van der Waals surface area contributed by atoms with E-state index in [0.29, 0.717) is 6.42 Å². The van der Waals surface area contributed by atoms with Gasteiger partial charge in [-0.3, -0.25) is 4.79 Å². The molecule has 0 bridgehead atoms. The van der Waals surface area contributed by atoms with E-state index in [9.17, 15) is 9.18 Å². The number of amides is 1. The monoisotopic (exact) mass is 329 g/mol. The van der Waals surface area contributed by atoms with Gasteiger partial charge in [0.1, 0.15) is 0 Å². The van der Waals surface area contributed by atoms with Gasteiger partial charge in [-0.1, -0.05) is 37.3 Å². The molecule has 2 aromatic carbocycles. The third kappa shape index (κ3) is 4.34. The van der Waals surface area contributed by atoms with Crippen LogP contribution in [0.15, 0.2) is 42.5 Å². The Bertz CT molecular complexity index is 715. The van der Waals surface area contributed by atoms with Gasteiger partial charge in [0.15, 0.2) is 17.7 Å². The molecule has 0 aliphatic heterocycles. The number of carbonyl (C=O) groups is 1. The molecule has 1 amide bonds. The van der Waals surface area contributed by atoms with Crippen molar-refractivity contribution < 1.29 is 13.9 Å². The van der Waals surface area contributed by atoms with Crippen molar-refractivity contribution in [2.45, 2.75) is 46.3 Å². The van der Waals surface area contributed by atoms with Crippen molar-refractivity contribution in [2.75, 3.05) is 0 Å². The Morgan fingerprint density at radius 3 is 2.50 bits per heavy atom. The molecule has 0 fully saturated rings. The molecule has 2 atom stereocenters. The summed E-state index contributed by atoms with van der Waals surface area (Å²) in [7, 11) is 0. The standard InChI is InChI=1S/C20H24FNO2/c1-5-18(24-19-9-7-6-8-17(19)21)20(23)22-15(4)16-11-10-13(2)14(3)12-16/h6-12,15,18H,5H2,1-4H3,(H,22,23)/t15-,18-/m1/s1. The van der Waals surface area contributed by atoms with E-state index >= 15 is 0 Å². The molecule has 0 aliphatic carbocycles. The number of hydrogen-bond donors (Lipinski definition) is 1. The van der Waals surface area contributed by atoms with Crippen LogP contribution in [-0.4, -0.2) is 12.0 Å². The fraction of sp³-hybridized carbons (Fsp3) is 0.350. The number of halogens is 1. The molecule has 0 saturated carbocycles. The third-order valence-electron chi connectivity index (χ3n) is 4.16. The third-order valence-corrected chi connectivity index (χ3v) is 4.16. The minimum Gasteiger partial charge on any atom is -0.478 e. The highest BCUT2D eigenvalue weighted by atomic mass is 19.1. The van der Waals surface area contributed by atoms with Crippen molar-refractivity contribution in [3.05, 3.63) is 65.0 Å². The molecule has 128 valence electrons. The van der Waals surface area contributed by atoms with Crippen LogP contribution in [0, 0.1) is 19.7 Å². The van der Waals surface area contributed by atoms with Gasteiger partial charge < -0.3 is 10.1 Å². The summed E-state index contributed by atoms with van der Waals surface area (Å²) in [4.78, 5) is 12.5. The highest BCUT2D eigenvalue weighted by Gasteiger charge is 2.21. The molecule has 2 aromatic rings. The molecule has 0 aliphatic rings. The first-order valence-electron chi connectivity index (χ1n) is 8.21. The zero-order chi connectivity index (χ0) is 17.7. The Morgan fingerprint density at radius 1 is 1.17 bits per heavy atom. The molecular weight excluding hydrogens is 305 g/mol. The molecule has 1 N–H and O–H groups in total. The van der Waals surface area contributed by atoms with Gasteiger partial charge in [-0.2, -0.15) is 0 Å². The molecule has 0 spiro atoms. The second kappa shape index (κ2) is 7.95. The van der Waals surface area contributed by atoms with Crippen LogP contribution in [0.5, 0.6) is 5.75 Å². The van der Waals surface area contributed by atoms with Gasteiger partial charge in [0.25, 0.3) is 5.91 Å². The van der Waals surface area contributed by atoms with Gasteiger partial charge >= 0.3 is 0 Å². The minimum atomic E-state index is -0.726. The summed E-state index contributed by atoms with van der Waals surface area (Å²) in [6, 6.07) is 12.1. The second-order valence-corrected chi connectivity index (χ2v) is 6.02. The van der Waals surface area contributed by atoms with E-state index < -0.39 is 11.9 Å². The Morgan fingerprint density at radius 2 is 1.88 bits per heavy atom. The number of aryl methyl sites for hydroxylation is 2. The predicted octanol–water partition coefficient (Wildman–Crippen LogP) is 4.48. The maximum Gasteiger partial charge on any atom is 0.261 e. The van der Waals surface area contributed by atoms with Gasteiger partial charge in [-0.25, -0.2) is 4.39 Å². The van der Waals surface area contributed by atoms with E-state index in [1.165, 1.54) is 23.3 Å². The average molecular weight is 329 g/mol. The molecule has 2 rings (SSSR count). The highest BCUT2D eigenvalue weighted by molar-refractivity contribution is 5.81. The van der Waals surface area contributed by atoms with Crippen molar-refractivity contribution in [1.82, 2.24) is 5.32 Å². The fourth-order valence-electron chi connectivity index (χ4n) is 2.44. The van der Waals surface area contributed by atoms with Crippen molar-refractivity contribution in [2.24, 2.45) is 0 Å². The van der Waals surface area contributed by atoms with Crippen molar-refractivity contribution in [1.29, 1.82) is 0 Å². The molecule has 4 heteroatoms. The topological polar surface area (TPSA) is 38.3 Å². The summed E-state index contributed by atoms with van der Waals surface area (Å²) >= 11 is 0. The number of ether oxygens (including phenoxy) is 1. The Kier molecular flexibility index (Phi) is 5.96. The van der Waals surface area contributed by atoms with Crippen LogP contribution < -0.4 is 10.1 Å². The van der Waals surface area contributed by atoms with Gasteiger partial charge in [0.05, 0.1) is 6.04 Å². The minimum absolute atomic E-state index is 0.0957. The van der Waals surface area contributed by atoms with Gasteiger partial charge in [-0.15, -0.1) is 0 Å². The van der Waals surface area contributed by atoms with E-state index in [1.807, 2.05) is 32.9 Å². The normalized spacial score (nSPS) is 13.2. The summed E-state index contributed by atoms with van der Waals surface area (Å²) in [5.41, 5.74) is 3.43. The van der Waals surface area contributed by atoms with Gasteiger partial charge in [0.2, 0.25) is 0 Å². The van der Waals surface area contributed by atoms with E-state index in [0.717, 1.165) is 5.56 Å². The Labute approximate surface area is 142 Å². The summed E-state index contributed by atoms with van der Waals surface area (Å²) in [5.74, 6) is -0.615. The fourth-order valence-corrected chi connectivity index (χ4v) is 2.44. The molecule has 0 saturated heterocycles. The first-order chi connectivity index (χ1) is 11.4. The smallest absolute Gasteiger partial charge is 0.261 e. The second-order valence-electron chi connectivity index (χ2n) is 6.02. The van der Waals surface area contributed by atoms with E-state index in [-0.39, 0.29) is 17.7 Å². The number of nitrogens with one attached hydrogen (secondary N) is 1. The van der Waals surface area contributed by atoms with E-state index in [1.54, 1.807) is 12.1 Å². The zero-order valence-corrected chi connectivity index (χ0v) is 14.6. The summed E-state index contributed by atoms with van der Waals surface area (Å²) in [5, 5.41) is 2.95.